The van der Waals surface area contributed by atoms with Crippen molar-refractivity contribution in [3.05, 3.63) is 51.1 Å². The molecule has 2 fully saturated rings. The highest BCUT2D eigenvalue weighted by atomic mass is 32.1. The SMILES string of the molecule is Cc1ncc(NC(=O)c2ccc(C(C)(C)C)s2)cc1N1C/C(=C2/CN=CC(N3CCN(CC4CC4)CC3)C2)N=N1. The van der Waals surface area contributed by atoms with Gasteiger partial charge in [-0.05, 0) is 61.3 Å². The molecule has 2 aromatic heterocycles. The van der Waals surface area contributed by atoms with Gasteiger partial charge in [-0.3, -0.25) is 19.7 Å². The molecule has 5 heterocycles. The summed E-state index contributed by atoms with van der Waals surface area (Å²) in [5, 5.41) is 14.0. The van der Waals surface area contributed by atoms with E-state index in [9.17, 15) is 4.79 Å². The standard InChI is InChI=1S/C30H40N8OS/c1-20-26(14-23(16-32-20)33-29(39)27-7-8-28(40-27)30(2,3)4)38-19-25(34-35-38)22-13-24(17-31-15-22)37-11-9-36(10-12-37)18-21-5-6-21/h7-8,14,16-17,21,24H,5-6,9-13,15,18-19H2,1-4H3,(H,33,39)/b25-22-. The zero-order valence-corrected chi connectivity index (χ0v) is 24.9. The van der Waals surface area contributed by atoms with Crippen LogP contribution in [0.25, 0.3) is 0 Å². The van der Waals surface area contributed by atoms with Gasteiger partial charge < -0.3 is 10.2 Å². The third kappa shape index (κ3) is 6.19. The van der Waals surface area contributed by atoms with Crippen molar-refractivity contribution in [3.63, 3.8) is 0 Å². The maximum atomic E-state index is 12.9. The number of carbonyl (C=O) groups excluding carboxylic acids is 1. The Kier molecular flexibility index (Phi) is 7.58. The van der Waals surface area contributed by atoms with Gasteiger partial charge in [-0.25, -0.2) is 5.01 Å². The third-order valence-corrected chi connectivity index (χ3v) is 9.76. The lowest BCUT2D eigenvalue weighted by molar-refractivity contribution is 0.103. The van der Waals surface area contributed by atoms with Crippen molar-refractivity contribution in [1.29, 1.82) is 0 Å². The second-order valence-corrected chi connectivity index (χ2v) is 13.6. The average molecular weight is 561 g/mol. The van der Waals surface area contributed by atoms with Crippen LogP contribution in [0.3, 0.4) is 0 Å². The predicted octanol–water partition coefficient (Wildman–Crippen LogP) is 5.31. The first-order valence-electron chi connectivity index (χ1n) is 14.5. The largest absolute Gasteiger partial charge is 0.320 e. The summed E-state index contributed by atoms with van der Waals surface area (Å²) in [4.78, 5) is 29.3. The minimum absolute atomic E-state index is 0.0168. The summed E-state index contributed by atoms with van der Waals surface area (Å²) in [7, 11) is 0. The van der Waals surface area contributed by atoms with Gasteiger partial charge in [0.1, 0.15) is 0 Å². The molecule has 2 aromatic rings. The molecule has 0 aromatic carbocycles. The van der Waals surface area contributed by atoms with Crippen LogP contribution in [0.1, 0.15) is 60.3 Å². The van der Waals surface area contributed by atoms with Gasteiger partial charge in [0.2, 0.25) is 0 Å². The summed E-state index contributed by atoms with van der Waals surface area (Å²) in [5.74, 6) is 0.829. The molecule has 6 rings (SSSR count). The molecule has 0 radical (unpaired) electrons. The molecule has 4 aliphatic rings. The van der Waals surface area contributed by atoms with E-state index in [1.54, 1.807) is 6.20 Å². The van der Waals surface area contributed by atoms with E-state index < -0.39 is 0 Å². The zero-order chi connectivity index (χ0) is 27.9. The third-order valence-electron chi connectivity index (χ3n) is 8.25. The Morgan fingerprint density at radius 1 is 1.15 bits per heavy atom. The minimum Gasteiger partial charge on any atom is -0.320 e. The number of piperazine rings is 1. The lowest BCUT2D eigenvalue weighted by Crippen LogP contribution is -2.51. The van der Waals surface area contributed by atoms with E-state index in [-0.39, 0.29) is 11.3 Å². The normalized spacial score (nSPS) is 24.2. The Bertz CT molecular complexity index is 1340. The predicted molar refractivity (Wildman–Crippen MR) is 162 cm³/mol. The lowest BCUT2D eigenvalue weighted by atomic mass is 9.95. The number of nitrogens with zero attached hydrogens (tertiary/aromatic N) is 7. The average Bonchev–Trinajstić information content (AvgIpc) is 3.39. The molecule has 40 heavy (non-hydrogen) atoms. The van der Waals surface area contributed by atoms with E-state index in [1.165, 1.54) is 41.2 Å². The molecule has 1 saturated heterocycles. The van der Waals surface area contributed by atoms with E-state index in [4.69, 9.17) is 4.99 Å². The number of hydrogen-bond acceptors (Lipinski definition) is 9. The van der Waals surface area contributed by atoms with Gasteiger partial charge >= 0.3 is 0 Å². The van der Waals surface area contributed by atoms with Crippen molar-refractivity contribution in [2.45, 2.75) is 58.4 Å². The molecule has 1 atom stereocenters. The van der Waals surface area contributed by atoms with Crippen LogP contribution in [0.2, 0.25) is 0 Å². The van der Waals surface area contributed by atoms with E-state index in [2.05, 4.69) is 57.4 Å². The van der Waals surface area contributed by atoms with Crippen LogP contribution in [0.15, 0.2) is 51.0 Å². The van der Waals surface area contributed by atoms with Crippen molar-refractivity contribution in [2.75, 3.05) is 56.1 Å². The number of aryl methyl sites for hydroxylation is 1. The van der Waals surface area contributed by atoms with Gasteiger partial charge in [0.15, 0.2) is 0 Å². The summed E-state index contributed by atoms with van der Waals surface area (Å²) < 4.78 is 0. The molecule has 9 nitrogen and oxygen atoms in total. The molecule has 1 unspecified atom stereocenters. The minimum atomic E-state index is -0.123. The Balaban J connectivity index is 1.09. The number of nitrogens with one attached hydrogen (secondary N) is 1. The number of aliphatic imine (C=N–C) groups is 1. The van der Waals surface area contributed by atoms with E-state index in [0.717, 1.165) is 55.6 Å². The maximum Gasteiger partial charge on any atom is 0.265 e. The van der Waals surface area contributed by atoms with Crippen LogP contribution in [-0.2, 0) is 5.41 Å². The Morgan fingerprint density at radius 2 is 1.95 bits per heavy atom. The summed E-state index contributed by atoms with van der Waals surface area (Å²) in [5.41, 5.74) is 4.62. The fraction of sp³-hybridized carbons (Fsp3) is 0.567. The van der Waals surface area contributed by atoms with Crippen molar-refractivity contribution in [2.24, 2.45) is 21.2 Å². The number of amides is 1. The Hall–Kier alpha value is -2.95. The van der Waals surface area contributed by atoms with Gasteiger partial charge in [0.05, 0.1) is 46.9 Å². The van der Waals surface area contributed by atoms with Gasteiger partial charge in [0, 0.05) is 49.9 Å². The first kappa shape index (κ1) is 27.2. The molecule has 0 bridgehead atoms. The van der Waals surface area contributed by atoms with Crippen molar-refractivity contribution in [1.82, 2.24) is 14.8 Å². The molecular formula is C30H40N8OS. The molecule has 10 heteroatoms. The maximum absolute atomic E-state index is 12.9. The van der Waals surface area contributed by atoms with Crippen LogP contribution in [0.4, 0.5) is 11.4 Å². The van der Waals surface area contributed by atoms with E-state index >= 15 is 0 Å². The van der Waals surface area contributed by atoms with Crippen LogP contribution >= 0.6 is 11.3 Å². The topological polar surface area (TPSA) is 88.8 Å². The molecule has 1 N–H and O–H groups in total. The number of hydrogen-bond donors (Lipinski definition) is 1. The van der Waals surface area contributed by atoms with Crippen LogP contribution in [-0.4, -0.2) is 78.8 Å². The number of anilines is 2. The number of thiophene rings is 1. The van der Waals surface area contributed by atoms with E-state index in [0.29, 0.717) is 29.7 Å². The fourth-order valence-electron chi connectivity index (χ4n) is 5.57. The van der Waals surface area contributed by atoms with Crippen LogP contribution in [0, 0.1) is 12.8 Å². The second kappa shape index (κ2) is 11.1. The molecule has 0 spiro atoms. The van der Waals surface area contributed by atoms with Gasteiger partial charge in [0.25, 0.3) is 5.91 Å². The van der Waals surface area contributed by atoms with E-state index in [1.807, 2.05) is 30.1 Å². The summed E-state index contributed by atoms with van der Waals surface area (Å²) in [6.45, 7) is 15.5. The molecule has 3 aliphatic heterocycles. The highest BCUT2D eigenvalue weighted by molar-refractivity contribution is 7.14. The van der Waals surface area contributed by atoms with Gasteiger partial charge in [-0.15, -0.1) is 16.5 Å². The zero-order valence-electron chi connectivity index (χ0n) is 24.1. The highest BCUT2D eigenvalue weighted by Crippen LogP contribution is 2.33. The molecule has 212 valence electrons. The van der Waals surface area contributed by atoms with Gasteiger partial charge in [-0.1, -0.05) is 26.0 Å². The van der Waals surface area contributed by atoms with Crippen LogP contribution < -0.4 is 10.3 Å². The number of aromatic nitrogens is 1. The van der Waals surface area contributed by atoms with Crippen molar-refractivity contribution < 1.29 is 4.79 Å². The number of carbonyl (C=O) groups is 1. The van der Waals surface area contributed by atoms with Crippen molar-refractivity contribution >= 4 is 34.8 Å². The fourth-order valence-corrected chi connectivity index (χ4v) is 6.52. The molecule has 1 amide bonds. The van der Waals surface area contributed by atoms with Gasteiger partial charge in [-0.2, -0.15) is 0 Å². The Morgan fingerprint density at radius 3 is 2.67 bits per heavy atom. The van der Waals surface area contributed by atoms with Crippen LogP contribution in [0.5, 0.6) is 0 Å². The summed E-state index contributed by atoms with van der Waals surface area (Å²) in [6, 6.07) is 6.20. The Labute approximate surface area is 241 Å². The number of pyridine rings is 1. The monoisotopic (exact) mass is 560 g/mol. The molecular weight excluding hydrogens is 520 g/mol. The summed E-state index contributed by atoms with van der Waals surface area (Å²) in [6.07, 6.45) is 7.63. The number of rotatable bonds is 6. The highest BCUT2D eigenvalue weighted by Gasteiger charge is 2.30. The second-order valence-electron chi connectivity index (χ2n) is 12.5. The lowest BCUT2D eigenvalue weighted by Gasteiger charge is -2.39. The first-order chi connectivity index (χ1) is 19.2. The smallest absolute Gasteiger partial charge is 0.265 e. The first-order valence-corrected chi connectivity index (χ1v) is 15.3. The summed E-state index contributed by atoms with van der Waals surface area (Å²) >= 11 is 1.53. The van der Waals surface area contributed by atoms with Crippen molar-refractivity contribution in [3.8, 4) is 0 Å². The quantitative estimate of drug-likeness (QED) is 0.517. The molecule has 1 aliphatic carbocycles. The molecule has 1 saturated carbocycles.